The highest BCUT2D eigenvalue weighted by Crippen LogP contribution is 2.20. The molecule has 0 saturated heterocycles. The molecule has 0 unspecified atom stereocenters. The Hall–Kier alpha value is -2.01. The molecule has 19 heavy (non-hydrogen) atoms. The SMILES string of the molecule is Cc1nn(C)c(CNc2cccc(C(N)=O)c2)c1Cl. The fourth-order valence-electron chi connectivity index (χ4n) is 1.84. The number of primary amides is 1. The van der Waals surface area contributed by atoms with E-state index in [1.54, 1.807) is 22.9 Å². The van der Waals surface area contributed by atoms with Crippen LogP contribution in [-0.4, -0.2) is 15.7 Å². The number of rotatable bonds is 4. The molecule has 100 valence electrons. The smallest absolute Gasteiger partial charge is 0.248 e. The maximum absolute atomic E-state index is 11.1. The number of nitrogens with two attached hydrogens (primary N) is 1. The molecule has 0 bridgehead atoms. The minimum atomic E-state index is -0.446. The minimum Gasteiger partial charge on any atom is -0.379 e. The molecular weight excluding hydrogens is 264 g/mol. The third-order valence-electron chi connectivity index (χ3n) is 2.87. The van der Waals surface area contributed by atoms with Gasteiger partial charge in [0.25, 0.3) is 0 Å². The van der Waals surface area contributed by atoms with Crippen molar-refractivity contribution in [3.05, 3.63) is 46.2 Å². The number of benzene rings is 1. The Morgan fingerprint density at radius 3 is 2.84 bits per heavy atom. The summed E-state index contributed by atoms with van der Waals surface area (Å²) < 4.78 is 1.74. The zero-order valence-electron chi connectivity index (χ0n) is 10.8. The van der Waals surface area contributed by atoms with E-state index in [0.29, 0.717) is 17.1 Å². The molecule has 1 aromatic heterocycles. The number of aromatic nitrogens is 2. The Morgan fingerprint density at radius 2 is 2.26 bits per heavy atom. The second kappa shape index (κ2) is 5.32. The van der Waals surface area contributed by atoms with Gasteiger partial charge >= 0.3 is 0 Å². The number of carbonyl (C=O) groups excluding carboxylic acids is 1. The number of anilines is 1. The number of carbonyl (C=O) groups is 1. The van der Waals surface area contributed by atoms with Gasteiger partial charge in [-0.1, -0.05) is 17.7 Å². The second-order valence-corrected chi connectivity index (χ2v) is 4.65. The summed E-state index contributed by atoms with van der Waals surface area (Å²) in [5, 5.41) is 8.09. The van der Waals surface area contributed by atoms with Crippen LogP contribution in [0, 0.1) is 6.92 Å². The first-order chi connectivity index (χ1) is 8.99. The quantitative estimate of drug-likeness (QED) is 0.899. The average molecular weight is 279 g/mol. The fraction of sp³-hybridized carbons (Fsp3) is 0.231. The summed E-state index contributed by atoms with van der Waals surface area (Å²) in [4.78, 5) is 11.1. The van der Waals surface area contributed by atoms with Crippen LogP contribution in [0.3, 0.4) is 0 Å². The molecule has 3 N–H and O–H groups in total. The van der Waals surface area contributed by atoms with Crippen LogP contribution in [-0.2, 0) is 13.6 Å². The topological polar surface area (TPSA) is 72.9 Å². The molecular formula is C13H15ClN4O. The molecule has 0 spiro atoms. The first-order valence-electron chi connectivity index (χ1n) is 5.80. The van der Waals surface area contributed by atoms with Gasteiger partial charge in [-0.15, -0.1) is 0 Å². The molecule has 1 amide bonds. The van der Waals surface area contributed by atoms with E-state index in [0.717, 1.165) is 17.1 Å². The number of hydrogen-bond donors (Lipinski definition) is 2. The Morgan fingerprint density at radius 1 is 1.53 bits per heavy atom. The van der Waals surface area contributed by atoms with Crippen molar-refractivity contribution in [2.75, 3.05) is 5.32 Å². The van der Waals surface area contributed by atoms with Crippen LogP contribution in [0.1, 0.15) is 21.7 Å². The summed E-state index contributed by atoms with van der Waals surface area (Å²) >= 11 is 6.16. The van der Waals surface area contributed by atoms with Gasteiger partial charge in [-0.25, -0.2) is 0 Å². The molecule has 0 aliphatic rings. The number of hydrogen-bond acceptors (Lipinski definition) is 3. The van der Waals surface area contributed by atoms with Crippen LogP contribution in [0.25, 0.3) is 0 Å². The third-order valence-corrected chi connectivity index (χ3v) is 3.36. The van der Waals surface area contributed by atoms with E-state index in [1.807, 2.05) is 20.0 Å². The predicted molar refractivity (Wildman–Crippen MR) is 75.2 cm³/mol. The Kier molecular flexibility index (Phi) is 3.76. The summed E-state index contributed by atoms with van der Waals surface area (Å²) in [6, 6.07) is 7.02. The summed E-state index contributed by atoms with van der Waals surface area (Å²) in [5.74, 6) is -0.446. The van der Waals surface area contributed by atoms with Gasteiger partial charge in [0.15, 0.2) is 0 Å². The highest BCUT2D eigenvalue weighted by molar-refractivity contribution is 6.31. The van der Waals surface area contributed by atoms with E-state index in [4.69, 9.17) is 17.3 Å². The molecule has 2 aromatic rings. The van der Waals surface area contributed by atoms with Gasteiger partial charge in [0.05, 0.1) is 23.0 Å². The monoisotopic (exact) mass is 278 g/mol. The first kappa shape index (κ1) is 13.4. The number of nitrogens with zero attached hydrogens (tertiary/aromatic N) is 2. The lowest BCUT2D eigenvalue weighted by Crippen LogP contribution is -2.11. The number of halogens is 1. The lowest BCUT2D eigenvalue weighted by Gasteiger charge is -2.08. The summed E-state index contributed by atoms with van der Waals surface area (Å²) in [7, 11) is 1.84. The van der Waals surface area contributed by atoms with Gasteiger partial charge in [0, 0.05) is 18.3 Å². The van der Waals surface area contributed by atoms with Crippen molar-refractivity contribution in [2.24, 2.45) is 12.8 Å². The van der Waals surface area contributed by atoms with Crippen LogP contribution in [0.5, 0.6) is 0 Å². The number of amides is 1. The van der Waals surface area contributed by atoms with Gasteiger partial charge in [0.1, 0.15) is 0 Å². The van der Waals surface area contributed by atoms with Crippen molar-refractivity contribution >= 4 is 23.2 Å². The van der Waals surface area contributed by atoms with Crippen molar-refractivity contribution < 1.29 is 4.79 Å². The Bertz CT molecular complexity index is 621. The van der Waals surface area contributed by atoms with Gasteiger partial charge < -0.3 is 11.1 Å². The van der Waals surface area contributed by atoms with E-state index >= 15 is 0 Å². The van der Waals surface area contributed by atoms with E-state index in [-0.39, 0.29) is 0 Å². The van der Waals surface area contributed by atoms with Crippen LogP contribution in [0.15, 0.2) is 24.3 Å². The van der Waals surface area contributed by atoms with Crippen LogP contribution in [0.4, 0.5) is 5.69 Å². The zero-order valence-corrected chi connectivity index (χ0v) is 11.5. The van der Waals surface area contributed by atoms with Crippen LogP contribution >= 0.6 is 11.6 Å². The van der Waals surface area contributed by atoms with E-state index in [9.17, 15) is 4.79 Å². The Labute approximate surface area is 116 Å². The maximum Gasteiger partial charge on any atom is 0.248 e. The maximum atomic E-state index is 11.1. The molecule has 0 saturated carbocycles. The summed E-state index contributed by atoms with van der Waals surface area (Å²) in [6.07, 6.45) is 0. The second-order valence-electron chi connectivity index (χ2n) is 4.27. The Balaban J connectivity index is 2.14. The summed E-state index contributed by atoms with van der Waals surface area (Å²) in [5.41, 5.74) is 8.21. The van der Waals surface area contributed by atoms with E-state index in [2.05, 4.69) is 10.4 Å². The predicted octanol–water partition coefficient (Wildman–Crippen LogP) is 2.09. The van der Waals surface area contributed by atoms with Crippen molar-refractivity contribution in [3.8, 4) is 0 Å². The van der Waals surface area contributed by atoms with Crippen LogP contribution < -0.4 is 11.1 Å². The van der Waals surface area contributed by atoms with Crippen LogP contribution in [0.2, 0.25) is 5.02 Å². The highest BCUT2D eigenvalue weighted by Gasteiger charge is 2.10. The molecule has 0 aliphatic heterocycles. The molecule has 0 radical (unpaired) electrons. The van der Waals surface area contributed by atoms with Gasteiger partial charge in [-0.05, 0) is 25.1 Å². The van der Waals surface area contributed by atoms with Crippen molar-refractivity contribution in [2.45, 2.75) is 13.5 Å². The third kappa shape index (κ3) is 2.88. The molecule has 0 aliphatic carbocycles. The van der Waals surface area contributed by atoms with Gasteiger partial charge in [-0.3, -0.25) is 9.48 Å². The molecule has 0 fully saturated rings. The first-order valence-corrected chi connectivity index (χ1v) is 6.18. The largest absolute Gasteiger partial charge is 0.379 e. The number of aryl methyl sites for hydroxylation is 2. The van der Waals surface area contributed by atoms with E-state index < -0.39 is 5.91 Å². The average Bonchev–Trinajstić information content (AvgIpc) is 2.61. The lowest BCUT2D eigenvalue weighted by molar-refractivity contribution is 0.100. The standard InChI is InChI=1S/C13H15ClN4O/c1-8-12(14)11(18(2)17-8)7-16-10-5-3-4-9(6-10)13(15)19/h3-6,16H,7H2,1-2H3,(H2,15,19). The molecule has 0 atom stereocenters. The van der Waals surface area contributed by atoms with Crippen molar-refractivity contribution in [1.29, 1.82) is 0 Å². The zero-order chi connectivity index (χ0) is 14.0. The molecule has 5 nitrogen and oxygen atoms in total. The van der Waals surface area contributed by atoms with Crippen molar-refractivity contribution in [1.82, 2.24) is 9.78 Å². The highest BCUT2D eigenvalue weighted by atomic mass is 35.5. The molecule has 6 heteroatoms. The normalized spacial score (nSPS) is 10.5. The molecule has 1 aromatic carbocycles. The minimum absolute atomic E-state index is 0.446. The lowest BCUT2D eigenvalue weighted by atomic mass is 10.2. The van der Waals surface area contributed by atoms with E-state index in [1.165, 1.54) is 0 Å². The van der Waals surface area contributed by atoms with Crippen molar-refractivity contribution in [3.63, 3.8) is 0 Å². The number of nitrogens with one attached hydrogen (secondary N) is 1. The fourth-order valence-corrected chi connectivity index (χ4v) is 2.07. The molecule has 2 rings (SSSR count). The summed E-state index contributed by atoms with van der Waals surface area (Å²) in [6.45, 7) is 2.39. The van der Waals surface area contributed by atoms with Gasteiger partial charge in [0.2, 0.25) is 5.91 Å². The van der Waals surface area contributed by atoms with Gasteiger partial charge in [-0.2, -0.15) is 5.10 Å². The molecule has 1 heterocycles.